The molecule has 1 atom stereocenters. The highest BCUT2D eigenvalue weighted by molar-refractivity contribution is 7.09. The summed E-state index contributed by atoms with van der Waals surface area (Å²) in [5, 5.41) is 14.9. The molecule has 2 aromatic heterocycles. The molecule has 3 heterocycles. The molecule has 7 heteroatoms. The molecular weight excluding hydrogens is 380 g/mol. The Morgan fingerprint density at radius 2 is 1.90 bits per heavy atom. The largest absolute Gasteiger partial charge is 0.369 e. The van der Waals surface area contributed by atoms with Crippen molar-refractivity contribution in [1.29, 1.82) is 0 Å². The highest BCUT2D eigenvalue weighted by Gasteiger charge is 2.29. The molecule has 1 fully saturated rings. The fourth-order valence-electron chi connectivity index (χ4n) is 4.21. The van der Waals surface area contributed by atoms with Crippen molar-refractivity contribution in [2.24, 2.45) is 0 Å². The lowest BCUT2D eigenvalue weighted by atomic mass is 10.1. The van der Waals surface area contributed by atoms with E-state index < -0.39 is 0 Å². The molecule has 0 radical (unpaired) electrons. The number of hydrogen-bond acceptors (Lipinski definition) is 6. The molecule has 0 N–H and O–H groups in total. The molecule has 1 aromatic carbocycles. The van der Waals surface area contributed by atoms with Crippen LogP contribution in [-0.4, -0.2) is 51.3 Å². The molecule has 0 saturated carbocycles. The zero-order valence-electron chi connectivity index (χ0n) is 17.6. The lowest BCUT2D eigenvalue weighted by molar-refractivity contribution is 0.164. The second kappa shape index (κ2) is 9.05. The van der Waals surface area contributed by atoms with Gasteiger partial charge in [-0.3, -0.25) is 4.90 Å². The van der Waals surface area contributed by atoms with E-state index in [1.54, 1.807) is 11.3 Å². The van der Waals surface area contributed by atoms with E-state index in [2.05, 4.69) is 81.8 Å². The molecule has 1 aliphatic rings. The molecule has 0 bridgehead atoms. The maximum atomic E-state index is 4.44. The van der Waals surface area contributed by atoms with E-state index in [1.807, 2.05) is 4.68 Å². The van der Waals surface area contributed by atoms with Crippen LogP contribution >= 0.6 is 11.3 Å². The van der Waals surface area contributed by atoms with Crippen molar-refractivity contribution in [2.45, 2.75) is 46.2 Å². The molecular formula is C22H30N6S. The number of benzene rings is 1. The van der Waals surface area contributed by atoms with Crippen LogP contribution in [0.3, 0.4) is 0 Å². The van der Waals surface area contributed by atoms with Crippen molar-refractivity contribution < 1.29 is 0 Å². The minimum Gasteiger partial charge on any atom is -0.369 e. The van der Waals surface area contributed by atoms with Crippen molar-refractivity contribution in [3.63, 3.8) is 0 Å². The monoisotopic (exact) mass is 410 g/mol. The summed E-state index contributed by atoms with van der Waals surface area (Å²) in [6.07, 6.45) is 2.20. The summed E-state index contributed by atoms with van der Waals surface area (Å²) in [7, 11) is 0. The lowest BCUT2D eigenvalue weighted by Crippen LogP contribution is -2.48. The van der Waals surface area contributed by atoms with Gasteiger partial charge in [-0.05, 0) is 59.3 Å². The summed E-state index contributed by atoms with van der Waals surface area (Å²) in [6.45, 7) is 11.6. The van der Waals surface area contributed by atoms with Crippen LogP contribution in [0.25, 0.3) is 0 Å². The molecule has 1 aliphatic heterocycles. The van der Waals surface area contributed by atoms with Crippen molar-refractivity contribution >= 4 is 17.0 Å². The zero-order valence-corrected chi connectivity index (χ0v) is 18.4. The minimum absolute atomic E-state index is 0.274. The van der Waals surface area contributed by atoms with Gasteiger partial charge in [0.25, 0.3) is 0 Å². The van der Waals surface area contributed by atoms with Crippen molar-refractivity contribution in [2.75, 3.05) is 31.1 Å². The van der Waals surface area contributed by atoms with Gasteiger partial charge in [0, 0.05) is 36.7 Å². The van der Waals surface area contributed by atoms with Gasteiger partial charge in [-0.25, -0.2) is 4.68 Å². The van der Waals surface area contributed by atoms with E-state index in [0.717, 1.165) is 51.4 Å². The number of tetrazole rings is 1. The van der Waals surface area contributed by atoms with Gasteiger partial charge in [0.1, 0.15) is 0 Å². The zero-order chi connectivity index (χ0) is 20.2. The molecule has 0 amide bonds. The highest BCUT2D eigenvalue weighted by atomic mass is 32.1. The Bertz CT molecular complexity index is 911. The van der Waals surface area contributed by atoms with Crippen molar-refractivity contribution in [3.8, 4) is 0 Å². The average Bonchev–Trinajstić information content (AvgIpc) is 3.41. The van der Waals surface area contributed by atoms with Crippen LogP contribution in [0.5, 0.6) is 0 Å². The number of piperazine rings is 1. The highest BCUT2D eigenvalue weighted by Crippen LogP contribution is 2.29. The van der Waals surface area contributed by atoms with E-state index in [9.17, 15) is 0 Å². The summed E-state index contributed by atoms with van der Waals surface area (Å²) < 4.78 is 1.99. The van der Waals surface area contributed by atoms with Gasteiger partial charge >= 0.3 is 0 Å². The van der Waals surface area contributed by atoms with Gasteiger partial charge in [0.15, 0.2) is 5.82 Å². The number of thiophene rings is 1. The number of hydrogen-bond donors (Lipinski definition) is 0. The summed E-state index contributed by atoms with van der Waals surface area (Å²) in [4.78, 5) is 6.38. The molecule has 0 unspecified atom stereocenters. The Labute approximate surface area is 177 Å². The van der Waals surface area contributed by atoms with E-state index in [0.29, 0.717) is 0 Å². The van der Waals surface area contributed by atoms with Gasteiger partial charge in [0.05, 0.1) is 12.6 Å². The normalized spacial score (nSPS) is 16.3. The number of aromatic nitrogens is 4. The van der Waals surface area contributed by atoms with Crippen LogP contribution in [-0.2, 0) is 6.54 Å². The van der Waals surface area contributed by atoms with Crippen molar-refractivity contribution in [1.82, 2.24) is 25.1 Å². The van der Waals surface area contributed by atoms with E-state index in [1.165, 1.54) is 21.7 Å². The SMILES string of the molecule is CCC[C@@H](c1nnnn1Cc1cccs1)N1CCN(c2cccc(C)c2C)CC1. The summed E-state index contributed by atoms with van der Waals surface area (Å²) >= 11 is 1.75. The van der Waals surface area contributed by atoms with Gasteiger partial charge in [0.2, 0.25) is 0 Å². The second-order valence-electron chi connectivity index (χ2n) is 7.82. The Kier molecular flexibility index (Phi) is 6.25. The molecule has 4 rings (SSSR count). The second-order valence-corrected chi connectivity index (χ2v) is 8.85. The number of rotatable bonds is 7. The minimum atomic E-state index is 0.274. The number of anilines is 1. The number of nitrogens with zero attached hydrogens (tertiary/aromatic N) is 6. The predicted molar refractivity (Wildman–Crippen MR) is 119 cm³/mol. The molecule has 0 spiro atoms. The first-order valence-electron chi connectivity index (χ1n) is 10.5. The number of aryl methyl sites for hydroxylation is 1. The first kappa shape index (κ1) is 20.0. The van der Waals surface area contributed by atoms with Gasteiger partial charge in [-0.2, -0.15) is 0 Å². The van der Waals surface area contributed by atoms with Crippen LogP contribution in [0.1, 0.15) is 47.6 Å². The van der Waals surface area contributed by atoms with Gasteiger partial charge in [-0.1, -0.05) is 31.5 Å². The first-order chi connectivity index (χ1) is 14.2. The van der Waals surface area contributed by atoms with Crippen LogP contribution in [0.15, 0.2) is 35.7 Å². The third-order valence-corrected chi connectivity index (χ3v) is 6.84. The molecule has 0 aliphatic carbocycles. The fourth-order valence-corrected chi connectivity index (χ4v) is 4.90. The van der Waals surface area contributed by atoms with Crippen LogP contribution < -0.4 is 4.90 Å². The van der Waals surface area contributed by atoms with Gasteiger partial charge < -0.3 is 4.90 Å². The predicted octanol–water partition coefficient (Wildman–Crippen LogP) is 4.06. The summed E-state index contributed by atoms with van der Waals surface area (Å²) in [6, 6.07) is 11.1. The molecule has 6 nitrogen and oxygen atoms in total. The fraction of sp³-hybridized carbons (Fsp3) is 0.500. The standard InChI is InChI=1S/C22H30N6S/c1-4-7-21(22-23-24-25-28(22)16-19-9-6-15-29-19)27-13-11-26(12-14-27)20-10-5-8-17(2)18(20)3/h5-6,8-10,15,21H,4,7,11-14,16H2,1-3H3/t21-/m0/s1. The maximum Gasteiger partial charge on any atom is 0.168 e. The third-order valence-electron chi connectivity index (χ3n) is 5.98. The maximum absolute atomic E-state index is 4.44. The Balaban J connectivity index is 1.48. The van der Waals surface area contributed by atoms with Crippen molar-refractivity contribution in [3.05, 3.63) is 57.5 Å². The average molecular weight is 411 g/mol. The smallest absolute Gasteiger partial charge is 0.168 e. The van der Waals surface area contributed by atoms with Gasteiger partial charge in [-0.15, -0.1) is 16.4 Å². The Morgan fingerprint density at radius 1 is 1.07 bits per heavy atom. The quantitative estimate of drug-likeness (QED) is 0.588. The van der Waals surface area contributed by atoms with Crippen LogP contribution in [0, 0.1) is 13.8 Å². The van der Waals surface area contributed by atoms with E-state index in [4.69, 9.17) is 0 Å². The summed E-state index contributed by atoms with van der Waals surface area (Å²) in [5.41, 5.74) is 4.13. The molecule has 154 valence electrons. The van der Waals surface area contributed by atoms with Crippen LogP contribution in [0.4, 0.5) is 5.69 Å². The third kappa shape index (κ3) is 4.36. The van der Waals surface area contributed by atoms with E-state index in [-0.39, 0.29) is 6.04 Å². The van der Waals surface area contributed by atoms with E-state index >= 15 is 0 Å². The summed E-state index contributed by atoms with van der Waals surface area (Å²) in [5.74, 6) is 1.00. The Hall–Kier alpha value is -2.25. The van der Waals surface area contributed by atoms with Crippen LogP contribution in [0.2, 0.25) is 0 Å². The topological polar surface area (TPSA) is 50.1 Å². The first-order valence-corrected chi connectivity index (χ1v) is 11.4. The molecule has 29 heavy (non-hydrogen) atoms. The molecule has 3 aromatic rings. The Morgan fingerprint density at radius 3 is 2.62 bits per heavy atom. The lowest BCUT2D eigenvalue weighted by Gasteiger charge is -2.40. The molecule has 1 saturated heterocycles.